The molecular weight excluding hydrogens is 434 g/mol. The van der Waals surface area contributed by atoms with Crippen molar-refractivity contribution in [2.75, 3.05) is 17.1 Å². The van der Waals surface area contributed by atoms with Gasteiger partial charge in [-0.1, -0.05) is 30.3 Å². The van der Waals surface area contributed by atoms with Crippen LogP contribution in [0.2, 0.25) is 0 Å². The molecule has 2 N–H and O–H groups in total. The van der Waals surface area contributed by atoms with Crippen molar-refractivity contribution in [1.29, 1.82) is 0 Å². The number of benzene rings is 3. The number of hydrogen-bond donors (Lipinski definition) is 2. The summed E-state index contributed by atoms with van der Waals surface area (Å²) in [6.07, 6.45) is 2.74. The van der Waals surface area contributed by atoms with Gasteiger partial charge in [-0.05, 0) is 42.0 Å². The first-order valence-electron chi connectivity index (χ1n) is 9.28. The van der Waals surface area contributed by atoms with Crippen molar-refractivity contribution in [2.45, 2.75) is 4.90 Å². The van der Waals surface area contributed by atoms with Crippen LogP contribution in [0.3, 0.4) is 0 Å². The second kappa shape index (κ2) is 9.75. The van der Waals surface area contributed by atoms with Gasteiger partial charge < -0.3 is 10.1 Å². The fourth-order valence-electron chi connectivity index (χ4n) is 2.74. The Balaban J connectivity index is 1.67. The molecule has 10 heteroatoms. The topological polar surface area (TPSA) is 128 Å². The van der Waals surface area contributed by atoms with Crippen LogP contribution in [0.1, 0.15) is 5.56 Å². The number of non-ortho nitro benzene ring substituents is 1. The number of nitrogens with zero attached hydrogens (tertiary/aromatic N) is 1. The predicted molar refractivity (Wildman–Crippen MR) is 121 cm³/mol. The number of carbonyl (C=O) groups excluding carboxylic acids is 1. The predicted octanol–water partition coefficient (Wildman–Crippen LogP) is 4.06. The lowest BCUT2D eigenvalue weighted by molar-refractivity contribution is -0.384. The van der Waals surface area contributed by atoms with Gasteiger partial charge in [0.15, 0.2) is 0 Å². The molecule has 32 heavy (non-hydrogen) atoms. The molecule has 0 heterocycles. The van der Waals surface area contributed by atoms with Crippen molar-refractivity contribution in [2.24, 2.45) is 0 Å². The number of sulfonamides is 1. The largest absolute Gasteiger partial charge is 0.495 e. The van der Waals surface area contributed by atoms with Gasteiger partial charge in [0.25, 0.3) is 15.7 Å². The molecule has 0 aromatic heterocycles. The molecule has 0 fully saturated rings. The van der Waals surface area contributed by atoms with E-state index in [1.165, 1.54) is 55.7 Å². The van der Waals surface area contributed by atoms with E-state index in [-0.39, 0.29) is 16.3 Å². The zero-order valence-corrected chi connectivity index (χ0v) is 17.7. The number of rotatable bonds is 8. The highest BCUT2D eigenvalue weighted by molar-refractivity contribution is 7.92. The smallest absolute Gasteiger partial charge is 0.271 e. The van der Waals surface area contributed by atoms with Crippen molar-refractivity contribution >= 4 is 39.1 Å². The molecule has 0 spiro atoms. The number of nitrogens with one attached hydrogen (secondary N) is 2. The molecule has 0 aliphatic carbocycles. The third-order valence-corrected chi connectivity index (χ3v) is 5.67. The van der Waals surface area contributed by atoms with Crippen LogP contribution >= 0.6 is 0 Å². The Hall–Kier alpha value is -4.18. The van der Waals surface area contributed by atoms with Crippen molar-refractivity contribution in [3.05, 3.63) is 94.6 Å². The second-order valence-corrected chi connectivity index (χ2v) is 8.19. The lowest BCUT2D eigenvalue weighted by Gasteiger charge is -2.11. The first kappa shape index (κ1) is 22.5. The van der Waals surface area contributed by atoms with Crippen LogP contribution in [0, 0.1) is 10.1 Å². The minimum absolute atomic E-state index is 0.0432. The monoisotopic (exact) mass is 453 g/mol. The van der Waals surface area contributed by atoms with Crippen molar-refractivity contribution < 1.29 is 22.9 Å². The summed E-state index contributed by atoms with van der Waals surface area (Å²) in [5, 5.41) is 13.3. The average molecular weight is 453 g/mol. The van der Waals surface area contributed by atoms with E-state index in [0.29, 0.717) is 17.0 Å². The molecule has 164 valence electrons. The normalized spacial score (nSPS) is 11.2. The maximum absolute atomic E-state index is 12.6. The summed E-state index contributed by atoms with van der Waals surface area (Å²) >= 11 is 0. The van der Waals surface area contributed by atoms with Crippen LogP contribution in [0.25, 0.3) is 6.08 Å². The van der Waals surface area contributed by atoms with Gasteiger partial charge in [0.1, 0.15) is 5.75 Å². The molecule has 3 rings (SSSR count). The van der Waals surface area contributed by atoms with Gasteiger partial charge in [0.05, 0.1) is 22.6 Å². The number of nitro groups is 1. The number of anilines is 2. The minimum Gasteiger partial charge on any atom is -0.495 e. The van der Waals surface area contributed by atoms with Crippen LogP contribution in [0.5, 0.6) is 5.75 Å². The maximum atomic E-state index is 12.6. The summed E-state index contributed by atoms with van der Waals surface area (Å²) in [6, 6.07) is 18.2. The second-order valence-electron chi connectivity index (χ2n) is 6.50. The molecule has 9 nitrogen and oxygen atoms in total. The van der Waals surface area contributed by atoms with Crippen LogP contribution in [0.15, 0.2) is 83.8 Å². The van der Waals surface area contributed by atoms with Crippen LogP contribution in [-0.2, 0) is 14.8 Å². The Morgan fingerprint density at radius 1 is 1.03 bits per heavy atom. The van der Waals surface area contributed by atoms with E-state index in [2.05, 4.69) is 10.0 Å². The average Bonchev–Trinajstić information content (AvgIpc) is 2.78. The molecule has 1 amide bonds. The first-order chi connectivity index (χ1) is 15.3. The summed E-state index contributed by atoms with van der Waals surface area (Å²) in [7, 11) is -2.39. The zero-order chi connectivity index (χ0) is 23.1. The van der Waals surface area contributed by atoms with Gasteiger partial charge in [0, 0.05) is 23.9 Å². The van der Waals surface area contributed by atoms with Crippen molar-refractivity contribution in [3.63, 3.8) is 0 Å². The van der Waals surface area contributed by atoms with Crippen LogP contribution < -0.4 is 14.8 Å². The highest BCUT2D eigenvalue weighted by Gasteiger charge is 2.16. The molecule has 0 radical (unpaired) electrons. The van der Waals surface area contributed by atoms with Crippen LogP contribution in [-0.4, -0.2) is 26.4 Å². The molecule has 0 saturated carbocycles. The van der Waals surface area contributed by atoms with E-state index in [0.717, 1.165) is 0 Å². The van der Waals surface area contributed by atoms with Crippen LogP contribution in [0.4, 0.5) is 17.1 Å². The highest BCUT2D eigenvalue weighted by atomic mass is 32.2. The van der Waals surface area contributed by atoms with E-state index >= 15 is 0 Å². The number of methoxy groups -OCH3 is 1. The molecule has 0 bridgehead atoms. The van der Waals surface area contributed by atoms with Gasteiger partial charge in [0.2, 0.25) is 5.91 Å². The van der Waals surface area contributed by atoms with Gasteiger partial charge in [-0.2, -0.15) is 0 Å². The standard InChI is InChI=1S/C22H19N3O6S/c1-31-21-8-3-2-7-20(21)24-32(29,30)19-12-9-16(10-13-19)11-14-22(26)23-17-5-4-6-18(15-17)25(27)28/h2-15,24H,1H3,(H,23,26)/b14-11+. The SMILES string of the molecule is COc1ccccc1NS(=O)(=O)c1ccc(/C=C/C(=O)Nc2cccc([N+](=O)[O-])c2)cc1. The summed E-state index contributed by atoms with van der Waals surface area (Å²) in [4.78, 5) is 22.4. The maximum Gasteiger partial charge on any atom is 0.271 e. The lowest BCUT2D eigenvalue weighted by Crippen LogP contribution is -2.13. The molecule has 0 unspecified atom stereocenters. The molecule has 3 aromatic carbocycles. The van der Waals surface area contributed by atoms with Gasteiger partial charge in [-0.25, -0.2) is 8.42 Å². The fraction of sp³-hybridized carbons (Fsp3) is 0.0455. The van der Waals surface area contributed by atoms with Gasteiger partial charge in [-0.15, -0.1) is 0 Å². The Bertz CT molecular complexity index is 1270. The zero-order valence-electron chi connectivity index (χ0n) is 16.9. The third kappa shape index (κ3) is 5.70. The summed E-state index contributed by atoms with van der Waals surface area (Å²) < 4.78 is 32.9. The summed E-state index contributed by atoms with van der Waals surface area (Å²) in [5.41, 5.74) is 1.07. The number of amides is 1. The molecule has 3 aromatic rings. The molecule has 0 aliphatic rings. The first-order valence-corrected chi connectivity index (χ1v) is 10.8. The number of carbonyl (C=O) groups is 1. The number of para-hydroxylation sites is 2. The Labute approximate surface area is 184 Å². The molecule has 0 saturated heterocycles. The fourth-order valence-corrected chi connectivity index (χ4v) is 3.81. The number of ether oxygens (including phenoxy) is 1. The van der Waals surface area contributed by atoms with E-state index in [1.807, 2.05) is 0 Å². The summed E-state index contributed by atoms with van der Waals surface area (Å²) in [6.45, 7) is 0. The van der Waals surface area contributed by atoms with E-state index in [1.54, 1.807) is 36.4 Å². The number of nitro benzene ring substituents is 1. The Morgan fingerprint density at radius 2 is 1.75 bits per heavy atom. The van der Waals surface area contributed by atoms with E-state index in [4.69, 9.17) is 4.74 Å². The number of hydrogen-bond acceptors (Lipinski definition) is 6. The molecular formula is C22H19N3O6S. The lowest BCUT2D eigenvalue weighted by atomic mass is 10.2. The molecule has 0 aliphatic heterocycles. The molecule has 0 atom stereocenters. The van der Waals surface area contributed by atoms with E-state index in [9.17, 15) is 23.3 Å². The summed E-state index contributed by atoms with van der Waals surface area (Å²) in [5.74, 6) is -0.0922. The van der Waals surface area contributed by atoms with Crippen molar-refractivity contribution in [1.82, 2.24) is 0 Å². The minimum atomic E-state index is -3.83. The van der Waals surface area contributed by atoms with Gasteiger partial charge >= 0.3 is 0 Å². The van der Waals surface area contributed by atoms with Crippen molar-refractivity contribution in [3.8, 4) is 5.75 Å². The Kier molecular flexibility index (Phi) is 6.86. The third-order valence-electron chi connectivity index (χ3n) is 4.29. The quantitative estimate of drug-likeness (QED) is 0.301. The Morgan fingerprint density at radius 3 is 2.44 bits per heavy atom. The highest BCUT2D eigenvalue weighted by Crippen LogP contribution is 2.26. The van der Waals surface area contributed by atoms with Gasteiger partial charge in [-0.3, -0.25) is 19.6 Å². The van der Waals surface area contributed by atoms with E-state index < -0.39 is 20.9 Å².